The monoisotopic (exact) mass is 446 g/mol. The molecule has 2 heterocycles. The van der Waals surface area contributed by atoms with Gasteiger partial charge in [-0.1, -0.05) is 23.7 Å². The lowest BCUT2D eigenvalue weighted by atomic mass is 9.85. The van der Waals surface area contributed by atoms with Crippen molar-refractivity contribution >= 4 is 23.2 Å². The number of hydrogen-bond donors (Lipinski definition) is 1. The number of benzene rings is 2. The molecule has 5 rings (SSSR count). The minimum atomic E-state index is -0.428. The van der Waals surface area contributed by atoms with Gasteiger partial charge in [-0.25, -0.2) is 0 Å². The maximum atomic E-state index is 12.8. The summed E-state index contributed by atoms with van der Waals surface area (Å²) in [5, 5.41) is 7.02. The third-order valence-corrected chi connectivity index (χ3v) is 6.24. The Kier molecular flexibility index (Phi) is 5.81. The van der Waals surface area contributed by atoms with Gasteiger partial charge in [0.15, 0.2) is 0 Å². The lowest BCUT2D eigenvalue weighted by Gasteiger charge is -2.20. The molecule has 2 amide bonds. The van der Waals surface area contributed by atoms with Crippen molar-refractivity contribution in [2.75, 3.05) is 23.4 Å². The van der Waals surface area contributed by atoms with Crippen molar-refractivity contribution in [1.82, 2.24) is 10.1 Å². The molecule has 33 heavy (non-hydrogen) atoms. The van der Waals surface area contributed by atoms with E-state index < -0.39 is 5.92 Å². The zero-order valence-electron chi connectivity index (χ0n) is 18.5. The van der Waals surface area contributed by atoms with Crippen LogP contribution in [0.2, 0.25) is 0 Å². The van der Waals surface area contributed by atoms with Gasteiger partial charge in [0.2, 0.25) is 23.5 Å². The highest BCUT2D eigenvalue weighted by Gasteiger charge is 2.35. The minimum absolute atomic E-state index is 0.0812. The Morgan fingerprint density at radius 3 is 2.76 bits per heavy atom. The van der Waals surface area contributed by atoms with Crippen LogP contribution in [0, 0.1) is 5.92 Å². The second-order valence-electron chi connectivity index (χ2n) is 8.49. The number of aromatic nitrogens is 2. The van der Waals surface area contributed by atoms with Crippen LogP contribution in [-0.2, 0) is 9.59 Å². The highest BCUT2D eigenvalue weighted by atomic mass is 16.5. The maximum Gasteiger partial charge on any atom is 0.230 e. The van der Waals surface area contributed by atoms with Crippen molar-refractivity contribution in [3.63, 3.8) is 0 Å². The zero-order chi connectivity index (χ0) is 22.8. The molecule has 1 aromatic heterocycles. The maximum absolute atomic E-state index is 12.8. The van der Waals surface area contributed by atoms with Gasteiger partial charge in [-0.2, -0.15) is 4.98 Å². The van der Waals surface area contributed by atoms with Gasteiger partial charge in [-0.05, 0) is 56.2 Å². The average molecular weight is 447 g/mol. The molecule has 2 aromatic carbocycles. The van der Waals surface area contributed by atoms with Crippen molar-refractivity contribution in [2.45, 2.75) is 38.5 Å². The molecule has 170 valence electrons. The lowest BCUT2D eigenvalue weighted by molar-refractivity contribution is -0.122. The predicted octanol–water partition coefficient (Wildman–Crippen LogP) is 4.39. The SMILES string of the molecule is CCOc1ccc(NC(=O)[C@H]2CC(=O)N(c3cccc(-c4noc(C5CCC5)n4)c3)C2)cc1. The standard InChI is InChI=1S/C25H26N4O4/c1-2-32-21-11-9-19(10-12-21)26-24(31)18-14-22(30)29(15-18)20-8-4-7-17(13-20)23-27-25(33-28-23)16-5-3-6-16/h4,7-13,16,18H,2-3,5-6,14-15H2,1H3,(H,26,31)/t18-/m0/s1. The molecule has 1 N–H and O–H groups in total. The number of amides is 2. The van der Waals surface area contributed by atoms with Crippen LogP contribution in [0.25, 0.3) is 11.4 Å². The Labute approximate surface area is 191 Å². The molecule has 0 bridgehead atoms. The van der Waals surface area contributed by atoms with Crippen molar-refractivity contribution in [1.29, 1.82) is 0 Å². The largest absolute Gasteiger partial charge is 0.494 e. The van der Waals surface area contributed by atoms with E-state index in [4.69, 9.17) is 9.26 Å². The number of ether oxygens (including phenoxy) is 1. The summed E-state index contributed by atoms with van der Waals surface area (Å²) in [6.07, 6.45) is 3.54. The molecule has 1 aliphatic heterocycles. The van der Waals surface area contributed by atoms with Crippen molar-refractivity contribution in [2.24, 2.45) is 5.92 Å². The molecule has 2 fully saturated rings. The third kappa shape index (κ3) is 4.46. The zero-order valence-corrected chi connectivity index (χ0v) is 18.5. The van der Waals surface area contributed by atoms with E-state index in [0.29, 0.717) is 36.5 Å². The van der Waals surface area contributed by atoms with E-state index in [1.54, 1.807) is 17.0 Å². The predicted molar refractivity (Wildman–Crippen MR) is 123 cm³/mol. The van der Waals surface area contributed by atoms with Gasteiger partial charge < -0.3 is 19.5 Å². The highest BCUT2D eigenvalue weighted by molar-refractivity contribution is 6.03. The molecule has 8 nitrogen and oxygen atoms in total. The highest BCUT2D eigenvalue weighted by Crippen LogP contribution is 2.36. The average Bonchev–Trinajstić information content (AvgIpc) is 3.41. The second kappa shape index (κ2) is 9.05. The summed E-state index contributed by atoms with van der Waals surface area (Å²) < 4.78 is 10.9. The summed E-state index contributed by atoms with van der Waals surface area (Å²) in [6, 6.07) is 14.7. The van der Waals surface area contributed by atoms with Gasteiger partial charge in [-0.15, -0.1) is 0 Å². The van der Waals surface area contributed by atoms with Crippen LogP contribution in [0.1, 0.15) is 44.4 Å². The number of nitrogens with one attached hydrogen (secondary N) is 1. The minimum Gasteiger partial charge on any atom is -0.494 e. The summed E-state index contributed by atoms with van der Waals surface area (Å²) in [5.74, 6) is 1.64. The van der Waals surface area contributed by atoms with Crippen LogP contribution in [0.15, 0.2) is 53.1 Å². The van der Waals surface area contributed by atoms with Gasteiger partial charge in [0.1, 0.15) is 5.75 Å². The first kappa shape index (κ1) is 21.2. The normalized spacial score (nSPS) is 18.3. The van der Waals surface area contributed by atoms with Crippen molar-refractivity contribution in [3.8, 4) is 17.1 Å². The van der Waals surface area contributed by atoms with Gasteiger partial charge in [0, 0.05) is 35.8 Å². The van der Waals surface area contributed by atoms with Crippen LogP contribution in [-0.4, -0.2) is 35.1 Å². The molecule has 2 aliphatic rings. The number of carbonyl (C=O) groups is 2. The first-order chi connectivity index (χ1) is 16.1. The molecule has 0 radical (unpaired) electrons. The van der Waals surface area contributed by atoms with Gasteiger partial charge in [0.25, 0.3) is 0 Å². The molecule has 3 aromatic rings. The Morgan fingerprint density at radius 2 is 2.03 bits per heavy atom. The Hall–Kier alpha value is -3.68. The molecule has 0 spiro atoms. The van der Waals surface area contributed by atoms with Gasteiger partial charge in [-0.3, -0.25) is 9.59 Å². The molecule has 1 aliphatic carbocycles. The number of hydrogen-bond acceptors (Lipinski definition) is 6. The van der Waals surface area contributed by atoms with Crippen LogP contribution < -0.4 is 15.0 Å². The Balaban J connectivity index is 1.26. The fraction of sp³-hybridized carbons (Fsp3) is 0.360. The van der Waals surface area contributed by atoms with Gasteiger partial charge in [0.05, 0.1) is 12.5 Å². The molecule has 0 unspecified atom stereocenters. The van der Waals surface area contributed by atoms with E-state index in [9.17, 15) is 9.59 Å². The summed E-state index contributed by atoms with van der Waals surface area (Å²) in [7, 11) is 0. The summed E-state index contributed by atoms with van der Waals surface area (Å²) in [6.45, 7) is 2.83. The van der Waals surface area contributed by atoms with Crippen LogP contribution >= 0.6 is 0 Å². The van der Waals surface area contributed by atoms with E-state index in [0.717, 1.165) is 29.8 Å². The quantitative estimate of drug-likeness (QED) is 0.578. The van der Waals surface area contributed by atoms with E-state index in [1.807, 2.05) is 43.3 Å². The van der Waals surface area contributed by atoms with Crippen LogP contribution in [0.5, 0.6) is 5.75 Å². The topological polar surface area (TPSA) is 97.6 Å². The first-order valence-electron chi connectivity index (χ1n) is 11.4. The number of nitrogens with zero attached hydrogens (tertiary/aromatic N) is 3. The van der Waals surface area contributed by atoms with E-state index in [1.165, 1.54) is 6.42 Å². The van der Waals surface area contributed by atoms with E-state index >= 15 is 0 Å². The molecule has 1 saturated heterocycles. The molecule has 1 atom stereocenters. The van der Waals surface area contributed by atoms with Crippen LogP contribution in [0.4, 0.5) is 11.4 Å². The first-order valence-corrected chi connectivity index (χ1v) is 11.4. The summed E-state index contributed by atoms with van der Waals surface area (Å²) in [4.78, 5) is 31.7. The van der Waals surface area contributed by atoms with Crippen molar-refractivity contribution in [3.05, 3.63) is 54.4 Å². The number of anilines is 2. The number of carbonyl (C=O) groups excluding carboxylic acids is 2. The molecular weight excluding hydrogens is 420 g/mol. The third-order valence-electron chi connectivity index (χ3n) is 6.24. The second-order valence-corrected chi connectivity index (χ2v) is 8.49. The Bertz CT molecular complexity index is 1150. The van der Waals surface area contributed by atoms with Crippen LogP contribution in [0.3, 0.4) is 0 Å². The smallest absolute Gasteiger partial charge is 0.230 e. The van der Waals surface area contributed by atoms with E-state index in [2.05, 4.69) is 15.5 Å². The lowest BCUT2D eigenvalue weighted by Crippen LogP contribution is -2.28. The fourth-order valence-electron chi connectivity index (χ4n) is 4.16. The molecular formula is C25H26N4O4. The van der Waals surface area contributed by atoms with Gasteiger partial charge >= 0.3 is 0 Å². The summed E-state index contributed by atoms with van der Waals surface area (Å²) >= 11 is 0. The number of rotatable bonds is 7. The summed E-state index contributed by atoms with van der Waals surface area (Å²) in [5.41, 5.74) is 2.19. The fourth-order valence-corrected chi connectivity index (χ4v) is 4.16. The van der Waals surface area contributed by atoms with Crippen molar-refractivity contribution < 1.29 is 18.8 Å². The van der Waals surface area contributed by atoms with E-state index in [-0.39, 0.29) is 18.2 Å². The molecule has 8 heteroatoms. The molecule has 1 saturated carbocycles. The Morgan fingerprint density at radius 1 is 1.21 bits per heavy atom.